The number of halogens is 3. The third kappa shape index (κ3) is 3.86. The highest BCUT2D eigenvalue weighted by Gasteiger charge is 2.36. The summed E-state index contributed by atoms with van der Waals surface area (Å²) in [6.45, 7) is 7.00. The van der Waals surface area contributed by atoms with Gasteiger partial charge in [-0.05, 0) is 36.5 Å². The molecule has 0 N–H and O–H groups in total. The molecule has 134 valence electrons. The summed E-state index contributed by atoms with van der Waals surface area (Å²) in [6, 6.07) is 4.91. The summed E-state index contributed by atoms with van der Waals surface area (Å²) in [6.07, 6.45) is -3.06. The molecule has 0 amide bonds. The molecule has 0 aliphatic carbocycles. The molecule has 0 aromatic heterocycles. The number of likely N-dealkylation sites (tertiary alicyclic amines) is 1. The van der Waals surface area contributed by atoms with Crippen molar-refractivity contribution in [3.8, 4) is 5.75 Å². The predicted molar refractivity (Wildman–Crippen MR) is 85.4 cm³/mol. The highest BCUT2D eigenvalue weighted by molar-refractivity contribution is 5.40. The maximum absolute atomic E-state index is 13.4. The topological polar surface area (TPSA) is 21.7 Å². The Balaban J connectivity index is 1.68. The van der Waals surface area contributed by atoms with Crippen LogP contribution in [-0.2, 0) is 10.9 Å². The summed E-state index contributed by atoms with van der Waals surface area (Å²) in [5, 5.41) is 0. The molecule has 0 bridgehead atoms. The third-order valence-electron chi connectivity index (χ3n) is 4.88. The summed E-state index contributed by atoms with van der Waals surface area (Å²) in [7, 11) is 0. The molecule has 2 saturated heterocycles. The molecule has 1 aromatic carbocycles. The van der Waals surface area contributed by atoms with Crippen LogP contribution < -0.4 is 4.74 Å². The maximum Gasteiger partial charge on any atom is 0.419 e. The van der Waals surface area contributed by atoms with E-state index in [1.165, 1.54) is 12.1 Å². The van der Waals surface area contributed by atoms with Gasteiger partial charge in [0.05, 0.1) is 24.8 Å². The zero-order valence-electron chi connectivity index (χ0n) is 14.1. The van der Waals surface area contributed by atoms with Crippen LogP contribution in [0.3, 0.4) is 0 Å². The van der Waals surface area contributed by atoms with Gasteiger partial charge in [-0.3, -0.25) is 4.90 Å². The van der Waals surface area contributed by atoms with Gasteiger partial charge in [0.2, 0.25) is 0 Å². The molecule has 2 aliphatic heterocycles. The Morgan fingerprint density at radius 1 is 1.17 bits per heavy atom. The largest absolute Gasteiger partial charge is 0.490 e. The average Bonchev–Trinajstić information content (AvgIpc) is 2.46. The van der Waals surface area contributed by atoms with Gasteiger partial charge in [-0.25, -0.2) is 0 Å². The van der Waals surface area contributed by atoms with Gasteiger partial charge in [0, 0.05) is 13.1 Å². The van der Waals surface area contributed by atoms with Crippen LogP contribution in [0.15, 0.2) is 18.2 Å². The lowest BCUT2D eigenvalue weighted by Gasteiger charge is -2.41. The van der Waals surface area contributed by atoms with Gasteiger partial charge in [0.25, 0.3) is 0 Å². The van der Waals surface area contributed by atoms with Crippen LogP contribution >= 0.6 is 0 Å². The minimum atomic E-state index is -4.40. The fourth-order valence-corrected chi connectivity index (χ4v) is 3.20. The zero-order valence-corrected chi connectivity index (χ0v) is 14.1. The standard InChI is InChI=1S/C18H24F3NO2/c1-12(2)13-3-4-17(16(9-13)18(19,20)21)24-15-5-7-22(8-6-15)14-10-23-11-14/h3-4,9,12,14-15H,5-8,10-11H2,1-2H3. The Morgan fingerprint density at radius 2 is 1.83 bits per heavy atom. The van der Waals surface area contributed by atoms with Crippen molar-refractivity contribution in [2.75, 3.05) is 26.3 Å². The number of ether oxygens (including phenoxy) is 2. The molecule has 1 aromatic rings. The second kappa shape index (κ2) is 6.92. The van der Waals surface area contributed by atoms with E-state index in [4.69, 9.17) is 9.47 Å². The molecule has 0 atom stereocenters. The lowest BCUT2D eigenvalue weighted by Crippen LogP contribution is -2.52. The Kier molecular flexibility index (Phi) is 5.06. The number of hydrogen-bond donors (Lipinski definition) is 0. The van der Waals surface area contributed by atoms with E-state index in [1.54, 1.807) is 6.07 Å². The first-order chi connectivity index (χ1) is 11.3. The fourth-order valence-electron chi connectivity index (χ4n) is 3.20. The first-order valence-electron chi connectivity index (χ1n) is 8.54. The van der Waals surface area contributed by atoms with Crippen molar-refractivity contribution in [3.63, 3.8) is 0 Å². The van der Waals surface area contributed by atoms with Crippen LogP contribution in [0, 0.1) is 0 Å². The lowest BCUT2D eigenvalue weighted by atomic mass is 9.99. The van der Waals surface area contributed by atoms with Crippen molar-refractivity contribution < 1.29 is 22.6 Å². The van der Waals surface area contributed by atoms with E-state index in [-0.39, 0.29) is 17.8 Å². The van der Waals surface area contributed by atoms with Gasteiger partial charge in [-0.15, -0.1) is 0 Å². The molecular formula is C18H24F3NO2. The number of nitrogens with zero attached hydrogens (tertiary/aromatic N) is 1. The number of rotatable bonds is 4. The molecule has 0 unspecified atom stereocenters. The van der Waals surface area contributed by atoms with Gasteiger partial charge in [-0.1, -0.05) is 19.9 Å². The molecule has 2 aliphatic rings. The summed E-state index contributed by atoms with van der Waals surface area (Å²) < 4.78 is 51.0. The third-order valence-corrected chi connectivity index (χ3v) is 4.88. The molecule has 2 fully saturated rings. The zero-order chi connectivity index (χ0) is 17.3. The van der Waals surface area contributed by atoms with Crippen LogP contribution in [0.25, 0.3) is 0 Å². The van der Waals surface area contributed by atoms with E-state index in [1.807, 2.05) is 13.8 Å². The van der Waals surface area contributed by atoms with E-state index in [0.29, 0.717) is 11.6 Å². The fraction of sp³-hybridized carbons (Fsp3) is 0.667. The SMILES string of the molecule is CC(C)c1ccc(OC2CCN(C3COC3)CC2)c(C(F)(F)F)c1. The quantitative estimate of drug-likeness (QED) is 0.823. The summed E-state index contributed by atoms with van der Waals surface area (Å²) in [4.78, 5) is 2.34. The van der Waals surface area contributed by atoms with Crippen LogP contribution in [0.1, 0.15) is 43.7 Å². The van der Waals surface area contributed by atoms with E-state index in [0.717, 1.165) is 39.1 Å². The average molecular weight is 343 g/mol. The molecule has 3 rings (SSSR count). The Hall–Kier alpha value is -1.27. The second-order valence-electron chi connectivity index (χ2n) is 6.95. The maximum atomic E-state index is 13.4. The van der Waals surface area contributed by atoms with Gasteiger partial charge in [0.1, 0.15) is 11.9 Å². The normalized spacial score (nSPS) is 21.1. The van der Waals surface area contributed by atoms with Gasteiger partial charge >= 0.3 is 6.18 Å². The van der Waals surface area contributed by atoms with E-state index < -0.39 is 11.7 Å². The van der Waals surface area contributed by atoms with Crippen LogP contribution in [0.2, 0.25) is 0 Å². The summed E-state index contributed by atoms with van der Waals surface area (Å²) >= 11 is 0. The minimum absolute atomic E-state index is 0.0441. The molecule has 3 nitrogen and oxygen atoms in total. The molecule has 0 saturated carbocycles. The molecule has 0 spiro atoms. The van der Waals surface area contributed by atoms with Gasteiger partial charge in [0.15, 0.2) is 0 Å². The number of piperidine rings is 1. The van der Waals surface area contributed by atoms with Crippen LogP contribution in [0.4, 0.5) is 13.2 Å². The van der Waals surface area contributed by atoms with Crippen LogP contribution in [-0.4, -0.2) is 43.3 Å². The minimum Gasteiger partial charge on any atom is -0.490 e. The summed E-state index contributed by atoms with van der Waals surface area (Å²) in [5.41, 5.74) is 0.0120. The Bertz CT molecular complexity index is 562. The lowest BCUT2D eigenvalue weighted by molar-refractivity contribution is -0.139. The van der Waals surface area contributed by atoms with Crippen molar-refractivity contribution in [1.29, 1.82) is 0 Å². The molecule has 2 heterocycles. The molecule has 6 heteroatoms. The number of hydrogen-bond acceptors (Lipinski definition) is 3. The Morgan fingerprint density at radius 3 is 2.33 bits per heavy atom. The van der Waals surface area contributed by atoms with Crippen molar-refractivity contribution in [3.05, 3.63) is 29.3 Å². The number of benzene rings is 1. The van der Waals surface area contributed by atoms with E-state index in [9.17, 15) is 13.2 Å². The predicted octanol–water partition coefficient (Wildman–Crippen LogP) is 4.07. The highest BCUT2D eigenvalue weighted by atomic mass is 19.4. The molecule has 0 radical (unpaired) electrons. The highest BCUT2D eigenvalue weighted by Crippen LogP contribution is 2.39. The molecule has 24 heavy (non-hydrogen) atoms. The summed E-state index contributed by atoms with van der Waals surface area (Å²) in [5.74, 6) is 0.00501. The first kappa shape index (κ1) is 17.5. The first-order valence-corrected chi connectivity index (χ1v) is 8.54. The van der Waals surface area contributed by atoms with Crippen molar-refractivity contribution in [2.24, 2.45) is 0 Å². The Labute approximate surface area is 140 Å². The second-order valence-corrected chi connectivity index (χ2v) is 6.95. The van der Waals surface area contributed by atoms with E-state index >= 15 is 0 Å². The smallest absolute Gasteiger partial charge is 0.419 e. The van der Waals surface area contributed by atoms with E-state index in [2.05, 4.69) is 4.90 Å². The van der Waals surface area contributed by atoms with Crippen LogP contribution in [0.5, 0.6) is 5.75 Å². The molecular weight excluding hydrogens is 319 g/mol. The monoisotopic (exact) mass is 343 g/mol. The number of alkyl halides is 3. The van der Waals surface area contributed by atoms with Gasteiger partial charge < -0.3 is 9.47 Å². The van der Waals surface area contributed by atoms with Crippen molar-refractivity contribution in [1.82, 2.24) is 4.90 Å². The van der Waals surface area contributed by atoms with Crippen molar-refractivity contribution in [2.45, 2.75) is 50.9 Å². The van der Waals surface area contributed by atoms with Gasteiger partial charge in [-0.2, -0.15) is 13.2 Å². The van der Waals surface area contributed by atoms with Crippen molar-refractivity contribution >= 4 is 0 Å².